The number of urea groups is 1. The van der Waals surface area contributed by atoms with E-state index in [9.17, 15) is 19.2 Å². The van der Waals surface area contributed by atoms with Gasteiger partial charge < -0.3 is 25.1 Å². The fourth-order valence-corrected chi connectivity index (χ4v) is 3.76. The highest BCUT2D eigenvalue weighted by Crippen LogP contribution is 2.31. The highest BCUT2D eigenvalue weighted by molar-refractivity contribution is 5.91. The fraction of sp³-hybridized carbons (Fsp3) is 0.833. The minimum atomic E-state index is -0.910. The summed E-state index contributed by atoms with van der Waals surface area (Å²) in [5.74, 6) is -0.614. The number of aldehydes is 1. The molecule has 3 amide bonds. The number of nitrogens with one attached hydrogen (secondary N) is 2. The third-order valence-electron chi connectivity index (χ3n) is 5.88. The number of carbonyl (C=O) groups excluding carboxylic acids is 4. The Kier molecular flexibility index (Phi) is 8.54. The molecule has 1 rings (SSSR count). The number of rotatable bonds is 5. The minimum Gasteiger partial charge on any atom is -0.458 e. The average Bonchev–Trinajstić information content (AvgIpc) is 2.87. The van der Waals surface area contributed by atoms with Crippen molar-refractivity contribution in [2.24, 2.45) is 22.7 Å². The van der Waals surface area contributed by atoms with Gasteiger partial charge in [0.05, 0.1) is 6.04 Å². The van der Waals surface area contributed by atoms with E-state index in [1.165, 1.54) is 0 Å². The van der Waals surface area contributed by atoms with Crippen molar-refractivity contribution in [1.29, 1.82) is 0 Å². The van der Waals surface area contributed by atoms with Gasteiger partial charge in [-0.1, -0.05) is 55.4 Å². The zero-order valence-electron chi connectivity index (χ0n) is 21.7. The summed E-state index contributed by atoms with van der Waals surface area (Å²) in [5.41, 5.74) is -1.92. The van der Waals surface area contributed by atoms with E-state index in [4.69, 9.17) is 4.74 Å². The van der Waals surface area contributed by atoms with Crippen LogP contribution in [0.5, 0.6) is 0 Å². The summed E-state index contributed by atoms with van der Waals surface area (Å²) >= 11 is 0. The largest absolute Gasteiger partial charge is 0.458 e. The summed E-state index contributed by atoms with van der Waals surface area (Å²) in [6.45, 7) is 20.8. The lowest BCUT2D eigenvalue weighted by Gasteiger charge is -2.36. The van der Waals surface area contributed by atoms with Crippen LogP contribution in [-0.2, 0) is 19.1 Å². The Morgan fingerprint density at radius 3 is 1.78 bits per heavy atom. The summed E-state index contributed by atoms with van der Waals surface area (Å²) in [5, 5.41) is 5.47. The van der Waals surface area contributed by atoms with Crippen LogP contribution in [0.25, 0.3) is 0 Å². The molecule has 0 spiro atoms. The molecule has 0 aromatic carbocycles. The molecule has 1 fully saturated rings. The van der Waals surface area contributed by atoms with E-state index in [-0.39, 0.29) is 17.7 Å². The molecule has 8 nitrogen and oxygen atoms in total. The van der Waals surface area contributed by atoms with Gasteiger partial charge in [0.2, 0.25) is 5.91 Å². The van der Waals surface area contributed by atoms with Crippen LogP contribution >= 0.6 is 0 Å². The van der Waals surface area contributed by atoms with Gasteiger partial charge in [-0.05, 0) is 43.4 Å². The zero-order chi connectivity index (χ0) is 25.2. The lowest BCUT2D eigenvalue weighted by molar-refractivity contribution is -0.160. The van der Waals surface area contributed by atoms with Gasteiger partial charge in [0, 0.05) is 6.54 Å². The molecular weight excluding hydrogens is 410 g/mol. The normalized spacial score (nSPS) is 23.8. The lowest BCUT2D eigenvalue weighted by atomic mass is 9.85. The van der Waals surface area contributed by atoms with E-state index in [0.717, 1.165) is 6.29 Å². The van der Waals surface area contributed by atoms with Crippen LogP contribution in [0.2, 0.25) is 0 Å². The Labute approximate surface area is 193 Å². The molecule has 184 valence electrons. The molecule has 0 aromatic heterocycles. The second kappa shape index (κ2) is 9.79. The van der Waals surface area contributed by atoms with Gasteiger partial charge in [-0.2, -0.15) is 0 Å². The predicted octanol–water partition coefficient (Wildman–Crippen LogP) is 3.14. The highest BCUT2D eigenvalue weighted by atomic mass is 16.6. The first-order valence-electron chi connectivity index (χ1n) is 11.3. The number of likely N-dealkylation sites (tertiary alicyclic amines) is 1. The molecule has 1 aliphatic rings. The van der Waals surface area contributed by atoms with Gasteiger partial charge >= 0.3 is 12.0 Å². The summed E-state index contributed by atoms with van der Waals surface area (Å²) in [7, 11) is 0. The van der Waals surface area contributed by atoms with Gasteiger partial charge in [-0.3, -0.25) is 4.79 Å². The Morgan fingerprint density at radius 2 is 1.38 bits per heavy atom. The smallest absolute Gasteiger partial charge is 0.329 e. The SMILES string of the molecule is CC1CN(C(=O)C(NC(=O)NC(C(=O)OC(C)(C)C)C(C)(C)C)C(C)(C)C)C(C=O)C1C. The summed E-state index contributed by atoms with van der Waals surface area (Å²) in [4.78, 5) is 52.4. The molecule has 0 bridgehead atoms. The van der Waals surface area contributed by atoms with Crippen LogP contribution in [0, 0.1) is 22.7 Å². The third-order valence-corrected chi connectivity index (χ3v) is 5.88. The summed E-state index contributed by atoms with van der Waals surface area (Å²) in [6, 6.07) is -2.93. The van der Waals surface area contributed by atoms with E-state index >= 15 is 0 Å². The van der Waals surface area contributed by atoms with Crippen molar-refractivity contribution in [2.75, 3.05) is 6.54 Å². The average molecular weight is 454 g/mol. The van der Waals surface area contributed by atoms with Crippen LogP contribution in [0.1, 0.15) is 76.2 Å². The van der Waals surface area contributed by atoms with Crippen molar-refractivity contribution in [3.05, 3.63) is 0 Å². The van der Waals surface area contributed by atoms with E-state index in [1.807, 2.05) is 55.4 Å². The van der Waals surface area contributed by atoms with Gasteiger partial charge in [-0.25, -0.2) is 9.59 Å². The molecule has 32 heavy (non-hydrogen) atoms. The van der Waals surface area contributed by atoms with Crippen molar-refractivity contribution < 1.29 is 23.9 Å². The van der Waals surface area contributed by atoms with Crippen molar-refractivity contribution in [3.8, 4) is 0 Å². The molecule has 0 radical (unpaired) electrons. The molecule has 1 saturated heterocycles. The number of carbonyl (C=O) groups is 4. The van der Waals surface area contributed by atoms with Crippen LogP contribution in [0.3, 0.4) is 0 Å². The Bertz CT molecular complexity index is 715. The van der Waals surface area contributed by atoms with Crippen molar-refractivity contribution >= 4 is 24.2 Å². The van der Waals surface area contributed by atoms with Crippen LogP contribution < -0.4 is 10.6 Å². The minimum absolute atomic E-state index is 0.0448. The fourth-order valence-electron chi connectivity index (χ4n) is 3.76. The van der Waals surface area contributed by atoms with Crippen LogP contribution in [0.4, 0.5) is 4.79 Å². The lowest BCUT2D eigenvalue weighted by Crippen LogP contribution is -2.61. The number of hydrogen-bond donors (Lipinski definition) is 2. The zero-order valence-corrected chi connectivity index (χ0v) is 21.7. The molecular formula is C24H43N3O5. The molecule has 2 N–H and O–H groups in total. The standard InChI is InChI=1S/C24H43N3O5/c1-14-12-27(16(13-28)15(14)2)19(29)17(22(3,4)5)25-21(31)26-18(23(6,7)8)20(30)32-24(9,10)11/h13-18H,12H2,1-11H3,(H2,25,26,31). The Morgan fingerprint density at radius 1 is 0.906 bits per heavy atom. The molecule has 1 heterocycles. The first-order chi connectivity index (χ1) is 14.3. The summed E-state index contributed by atoms with van der Waals surface area (Å²) < 4.78 is 5.48. The topological polar surface area (TPSA) is 105 Å². The Hall–Kier alpha value is -2.12. The Balaban J connectivity index is 3.09. The molecule has 0 aromatic rings. The molecule has 8 heteroatoms. The number of hydrogen-bond acceptors (Lipinski definition) is 5. The number of ether oxygens (including phenoxy) is 1. The van der Waals surface area contributed by atoms with E-state index in [1.54, 1.807) is 25.7 Å². The van der Waals surface area contributed by atoms with E-state index in [0.29, 0.717) is 6.54 Å². The van der Waals surface area contributed by atoms with Crippen LogP contribution in [0.15, 0.2) is 0 Å². The monoisotopic (exact) mass is 453 g/mol. The predicted molar refractivity (Wildman–Crippen MR) is 124 cm³/mol. The first-order valence-corrected chi connectivity index (χ1v) is 11.3. The maximum absolute atomic E-state index is 13.4. The number of nitrogens with zero attached hydrogens (tertiary/aromatic N) is 1. The van der Waals surface area contributed by atoms with Gasteiger partial charge in [0.25, 0.3) is 0 Å². The maximum atomic E-state index is 13.4. The second-order valence-corrected chi connectivity index (χ2v) is 12.2. The van der Waals surface area contributed by atoms with Gasteiger partial charge in [-0.15, -0.1) is 0 Å². The molecule has 5 atom stereocenters. The van der Waals surface area contributed by atoms with E-state index < -0.39 is 46.6 Å². The quantitative estimate of drug-likeness (QED) is 0.491. The highest BCUT2D eigenvalue weighted by Gasteiger charge is 2.45. The van der Waals surface area contributed by atoms with E-state index in [2.05, 4.69) is 10.6 Å². The molecule has 1 aliphatic heterocycles. The van der Waals surface area contributed by atoms with Crippen LogP contribution in [-0.4, -0.2) is 59.4 Å². The third kappa shape index (κ3) is 7.20. The first kappa shape index (κ1) is 27.9. The second-order valence-electron chi connectivity index (χ2n) is 12.2. The van der Waals surface area contributed by atoms with Crippen molar-refractivity contribution in [3.63, 3.8) is 0 Å². The molecule has 0 saturated carbocycles. The molecule has 0 aliphatic carbocycles. The van der Waals surface area contributed by atoms with Gasteiger partial charge in [0.15, 0.2) is 0 Å². The summed E-state index contributed by atoms with van der Waals surface area (Å²) in [6.07, 6.45) is 0.810. The number of esters is 1. The van der Waals surface area contributed by atoms with Crippen molar-refractivity contribution in [2.45, 2.75) is 99.9 Å². The molecule has 5 unspecified atom stereocenters. The maximum Gasteiger partial charge on any atom is 0.329 e. The van der Waals surface area contributed by atoms with Gasteiger partial charge in [0.1, 0.15) is 24.0 Å². The number of amides is 3. The van der Waals surface area contributed by atoms with Crippen molar-refractivity contribution in [1.82, 2.24) is 15.5 Å².